The number of ketones is 1. The molecule has 8 heteroatoms. The zero-order chi connectivity index (χ0) is 15.4. The number of nitrogens with zero attached hydrogens (tertiary/aromatic N) is 2. The second-order valence-electron chi connectivity index (χ2n) is 4.06. The SMILES string of the molecule is CC(=O)c1ccc(NC(=O)Nc2cc(Cl)nc(Cl)n2)cc1. The Balaban J connectivity index is 2.02. The van der Waals surface area contributed by atoms with E-state index in [9.17, 15) is 9.59 Å². The third-order valence-corrected chi connectivity index (χ3v) is 2.82. The lowest BCUT2D eigenvalue weighted by atomic mass is 10.1. The highest BCUT2D eigenvalue weighted by atomic mass is 35.5. The van der Waals surface area contributed by atoms with E-state index in [1.807, 2.05) is 0 Å². The van der Waals surface area contributed by atoms with Crippen LogP contribution in [0.15, 0.2) is 30.3 Å². The summed E-state index contributed by atoms with van der Waals surface area (Å²) < 4.78 is 0. The maximum Gasteiger partial charge on any atom is 0.324 e. The number of carbonyl (C=O) groups is 2. The molecule has 0 aliphatic heterocycles. The summed E-state index contributed by atoms with van der Waals surface area (Å²) in [5, 5.41) is 5.12. The molecule has 0 saturated heterocycles. The van der Waals surface area contributed by atoms with Crippen molar-refractivity contribution in [3.8, 4) is 0 Å². The Hall–Kier alpha value is -2.18. The summed E-state index contributed by atoms with van der Waals surface area (Å²) in [5.74, 6) is 0.133. The molecular formula is C13H10Cl2N4O2. The number of rotatable bonds is 3. The average Bonchev–Trinajstić information content (AvgIpc) is 2.37. The molecule has 0 unspecified atom stereocenters. The van der Waals surface area contributed by atoms with Gasteiger partial charge in [-0.25, -0.2) is 14.8 Å². The molecule has 0 spiro atoms. The summed E-state index contributed by atoms with van der Waals surface area (Å²) in [5.41, 5.74) is 1.10. The number of nitrogens with one attached hydrogen (secondary N) is 2. The lowest BCUT2D eigenvalue weighted by Gasteiger charge is -2.07. The summed E-state index contributed by atoms with van der Waals surface area (Å²) >= 11 is 11.3. The molecule has 21 heavy (non-hydrogen) atoms. The summed E-state index contributed by atoms with van der Waals surface area (Å²) in [6.07, 6.45) is 0. The number of hydrogen-bond donors (Lipinski definition) is 2. The third kappa shape index (κ3) is 4.40. The first-order valence-electron chi connectivity index (χ1n) is 5.83. The quantitative estimate of drug-likeness (QED) is 0.513. The van der Waals surface area contributed by atoms with Crippen LogP contribution in [0.4, 0.5) is 16.3 Å². The highest BCUT2D eigenvalue weighted by Crippen LogP contribution is 2.15. The lowest BCUT2D eigenvalue weighted by Crippen LogP contribution is -2.20. The van der Waals surface area contributed by atoms with Crippen molar-refractivity contribution in [3.63, 3.8) is 0 Å². The van der Waals surface area contributed by atoms with E-state index in [0.29, 0.717) is 11.3 Å². The first-order valence-corrected chi connectivity index (χ1v) is 6.59. The summed E-state index contributed by atoms with van der Waals surface area (Å²) in [6.45, 7) is 1.47. The van der Waals surface area contributed by atoms with Gasteiger partial charge in [0.05, 0.1) is 0 Å². The molecule has 0 saturated carbocycles. The zero-order valence-corrected chi connectivity index (χ0v) is 12.4. The first kappa shape index (κ1) is 15.2. The van der Waals surface area contributed by atoms with Crippen LogP contribution in [0.25, 0.3) is 0 Å². The topological polar surface area (TPSA) is 84.0 Å². The maximum absolute atomic E-state index is 11.8. The van der Waals surface area contributed by atoms with Crippen molar-refractivity contribution in [2.75, 3.05) is 10.6 Å². The van der Waals surface area contributed by atoms with E-state index in [2.05, 4.69) is 20.6 Å². The van der Waals surface area contributed by atoms with E-state index in [4.69, 9.17) is 23.2 Å². The Bertz CT molecular complexity index is 669. The molecule has 0 fully saturated rings. The summed E-state index contributed by atoms with van der Waals surface area (Å²) in [6, 6.07) is 7.34. The van der Waals surface area contributed by atoms with Gasteiger partial charge in [0, 0.05) is 17.3 Å². The highest BCUT2D eigenvalue weighted by Gasteiger charge is 2.07. The van der Waals surface area contributed by atoms with E-state index < -0.39 is 6.03 Å². The molecule has 108 valence electrons. The van der Waals surface area contributed by atoms with E-state index >= 15 is 0 Å². The van der Waals surface area contributed by atoms with Crippen molar-refractivity contribution < 1.29 is 9.59 Å². The number of anilines is 2. The number of Topliss-reactive ketones (excluding diaryl/α,β-unsaturated/α-hetero) is 1. The van der Waals surface area contributed by atoms with Crippen molar-refractivity contribution in [2.24, 2.45) is 0 Å². The fourth-order valence-corrected chi connectivity index (χ4v) is 1.93. The largest absolute Gasteiger partial charge is 0.324 e. The minimum absolute atomic E-state index is 0.0451. The first-order chi connectivity index (χ1) is 9.94. The average molecular weight is 325 g/mol. The van der Waals surface area contributed by atoms with Crippen LogP contribution in [0.5, 0.6) is 0 Å². The molecule has 0 radical (unpaired) electrons. The Morgan fingerprint density at radius 2 is 1.71 bits per heavy atom. The van der Waals surface area contributed by atoms with Crippen LogP contribution in [-0.4, -0.2) is 21.8 Å². The molecule has 0 bridgehead atoms. The number of carbonyl (C=O) groups excluding carboxylic acids is 2. The van der Waals surface area contributed by atoms with E-state index in [1.165, 1.54) is 13.0 Å². The minimum Gasteiger partial charge on any atom is -0.308 e. The molecule has 1 heterocycles. The van der Waals surface area contributed by atoms with Crippen LogP contribution in [-0.2, 0) is 0 Å². The highest BCUT2D eigenvalue weighted by molar-refractivity contribution is 6.32. The Labute approximate surface area is 130 Å². The normalized spacial score (nSPS) is 10.0. The molecule has 6 nitrogen and oxygen atoms in total. The number of amides is 2. The van der Waals surface area contributed by atoms with Crippen molar-refractivity contribution >= 4 is 46.5 Å². The molecule has 2 N–H and O–H groups in total. The van der Waals surface area contributed by atoms with Crippen molar-refractivity contribution in [1.29, 1.82) is 0 Å². The zero-order valence-electron chi connectivity index (χ0n) is 10.9. The predicted molar refractivity (Wildman–Crippen MR) is 81.1 cm³/mol. The van der Waals surface area contributed by atoms with Gasteiger partial charge in [0.2, 0.25) is 5.28 Å². The Kier molecular flexibility index (Phi) is 4.72. The van der Waals surface area contributed by atoms with Gasteiger partial charge >= 0.3 is 6.03 Å². The molecular weight excluding hydrogens is 315 g/mol. The van der Waals surface area contributed by atoms with Crippen LogP contribution in [0.2, 0.25) is 10.4 Å². The van der Waals surface area contributed by atoms with Gasteiger partial charge in [-0.15, -0.1) is 0 Å². The van der Waals surface area contributed by atoms with Gasteiger partial charge in [-0.2, -0.15) is 0 Å². The van der Waals surface area contributed by atoms with Crippen LogP contribution >= 0.6 is 23.2 Å². The lowest BCUT2D eigenvalue weighted by molar-refractivity contribution is 0.101. The number of hydrogen-bond acceptors (Lipinski definition) is 4. The van der Waals surface area contributed by atoms with Crippen LogP contribution in [0.1, 0.15) is 17.3 Å². The molecule has 0 aliphatic carbocycles. The van der Waals surface area contributed by atoms with Crippen LogP contribution < -0.4 is 10.6 Å². The van der Waals surface area contributed by atoms with Gasteiger partial charge in [-0.05, 0) is 42.8 Å². The third-order valence-electron chi connectivity index (χ3n) is 2.46. The number of halogens is 2. The summed E-state index contributed by atoms with van der Waals surface area (Å²) in [7, 11) is 0. The van der Waals surface area contributed by atoms with E-state index in [1.54, 1.807) is 24.3 Å². The monoisotopic (exact) mass is 324 g/mol. The van der Waals surface area contributed by atoms with Crippen molar-refractivity contribution in [2.45, 2.75) is 6.92 Å². The van der Waals surface area contributed by atoms with Gasteiger partial charge < -0.3 is 5.32 Å². The smallest absolute Gasteiger partial charge is 0.308 e. The number of benzene rings is 1. The molecule has 2 amide bonds. The summed E-state index contributed by atoms with van der Waals surface area (Å²) in [4.78, 5) is 30.4. The van der Waals surface area contributed by atoms with E-state index in [-0.39, 0.29) is 22.0 Å². The fraction of sp³-hybridized carbons (Fsp3) is 0.0769. The maximum atomic E-state index is 11.8. The predicted octanol–water partition coefficient (Wildman–Crippen LogP) is 3.63. The van der Waals surface area contributed by atoms with Crippen molar-refractivity contribution in [3.05, 3.63) is 46.3 Å². The molecule has 2 rings (SSSR count). The minimum atomic E-state index is -0.517. The van der Waals surface area contributed by atoms with Gasteiger partial charge in [0.15, 0.2) is 5.78 Å². The van der Waals surface area contributed by atoms with Gasteiger partial charge in [-0.3, -0.25) is 10.1 Å². The second-order valence-corrected chi connectivity index (χ2v) is 4.78. The van der Waals surface area contributed by atoms with Gasteiger partial charge in [-0.1, -0.05) is 11.6 Å². The Morgan fingerprint density at radius 3 is 2.29 bits per heavy atom. The molecule has 0 atom stereocenters. The molecule has 2 aromatic rings. The molecule has 0 aliphatic rings. The molecule has 1 aromatic heterocycles. The Morgan fingerprint density at radius 1 is 1.05 bits per heavy atom. The second kappa shape index (κ2) is 6.51. The fourth-order valence-electron chi connectivity index (χ4n) is 1.52. The van der Waals surface area contributed by atoms with Crippen LogP contribution in [0, 0.1) is 0 Å². The van der Waals surface area contributed by atoms with E-state index in [0.717, 1.165) is 0 Å². The van der Waals surface area contributed by atoms with Gasteiger partial charge in [0.25, 0.3) is 0 Å². The van der Waals surface area contributed by atoms with Crippen molar-refractivity contribution in [1.82, 2.24) is 9.97 Å². The number of urea groups is 1. The number of aromatic nitrogens is 2. The van der Waals surface area contributed by atoms with Crippen LogP contribution in [0.3, 0.4) is 0 Å². The standard InChI is InChI=1S/C13H10Cl2N4O2/c1-7(20)8-2-4-9(5-3-8)16-13(21)19-11-6-10(14)17-12(15)18-11/h2-6H,1H3,(H2,16,17,18,19,21). The van der Waals surface area contributed by atoms with Gasteiger partial charge in [0.1, 0.15) is 11.0 Å². The molecule has 1 aromatic carbocycles.